The molecule has 9 heteroatoms. The van der Waals surface area contributed by atoms with Crippen molar-refractivity contribution in [2.45, 2.75) is 24.4 Å². The molecule has 0 saturated heterocycles. The Bertz CT molecular complexity index is 354. The number of aldehydes is 1. The summed E-state index contributed by atoms with van der Waals surface area (Å²) in [5, 5.41) is 36.2. The summed E-state index contributed by atoms with van der Waals surface area (Å²) in [4.78, 5) is 32.0. The smallest absolute Gasteiger partial charge is 0.344 e. The van der Waals surface area contributed by atoms with E-state index in [1.54, 1.807) is 0 Å². The highest BCUT2D eigenvalue weighted by molar-refractivity contribution is 14.1. The van der Waals surface area contributed by atoms with Gasteiger partial charge >= 0.3 is 11.9 Å². The largest absolute Gasteiger partial charge is 0.479 e. The van der Waals surface area contributed by atoms with Gasteiger partial charge in [-0.15, -0.1) is 0 Å². The van der Waals surface area contributed by atoms with Gasteiger partial charge in [-0.2, -0.15) is 0 Å². The molecule has 0 saturated carbocycles. The first-order valence-electron chi connectivity index (χ1n) is 4.50. The van der Waals surface area contributed by atoms with Gasteiger partial charge in [0.2, 0.25) is 0 Å². The van der Waals surface area contributed by atoms with Crippen LogP contribution < -0.4 is 0 Å². The van der Waals surface area contributed by atoms with E-state index < -0.39 is 36.4 Å². The quantitative estimate of drug-likeness (QED) is 0.177. The van der Waals surface area contributed by atoms with E-state index in [1.165, 1.54) is 22.6 Å². The Kier molecular flexibility index (Phi) is 6.98. The lowest BCUT2D eigenvalue weighted by molar-refractivity contribution is -0.177. The average molecular weight is 374 g/mol. The second-order valence-electron chi connectivity index (χ2n) is 3.18. The molecule has 0 aliphatic heterocycles. The van der Waals surface area contributed by atoms with Gasteiger partial charge in [-0.25, -0.2) is 9.59 Å². The number of hydrogen-bond acceptors (Lipinski definition) is 7. The van der Waals surface area contributed by atoms with Gasteiger partial charge in [-0.3, -0.25) is 0 Å². The maximum Gasteiger partial charge on any atom is 0.344 e. The molecule has 0 aromatic carbocycles. The molecular weight excluding hydrogens is 363 g/mol. The summed E-state index contributed by atoms with van der Waals surface area (Å²) in [5.74, 6) is -2.85. The minimum atomic E-state index is -2.32. The van der Waals surface area contributed by atoms with Gasteiger partial charge in [-0.1, -0.05) is 6.58 Å². The van der Waals surface area contributed by atoms with E-state index in [0.717, 1.165) is 0 Å². The predicted molar refractivity (Wildman–Crippen MR) is 64.8 cm³/mol. The van der Waals surface area contributed by atoms with E-state index in [2.05, 4.69) is 11.3 Å². The number of aliphatic hydroxyl groups excluding tert-OH is 3. The Labute approximate surface area is 115 Å². The monoisotopic (exact) mass is 374 g/mol. The van der Waals surface area contributed by atoms with Gasteiger partial charge in [0.25, 0.3) is 0 Å². The number of carboxylic acid groups (broad SMARTS) is 1. The summed E-state index contributed by atoms with van der Waals surface area (Å²) in [6, 6.07) is 0. The summed E-state index contributed by atoms with van der Waals surface area (Å²) < 4.78 is 4.38. The third-order valence-corrected chi connectivity index (χ3v) is 2.29. The molecule has 0 fully saturated rings. The van der Waals surface area contributed by atoms with Crippen LogP contribution in [0, 0.1) is 0 Å². The highest BCUT2D eigenvalue weighted by atomic mass is 127. The number of aliphatic hydroxyl groups is 3. The molecule has 4 atom stereocenters. The molecule has 0 aromatic rings. The maximum atomic E-state index is 11.2. The van der Waals surface area contributed by atoms with Gasteiger partial charge in [0, 0.05) is 0 Å². The van der Waals surface area contributed by atoms with Crippen LogP contribution in [-0.2, 0) is 19.1 Å². The standard InChI is InChI=1S/C9H11IO8/c1-3(10)9(17)18-7(4(12)2-11)5(13)6(14)8(15)16/h2,4-7,12-14H,1H2,(H,15,16)/t4-,5-,6+,7-/m1/s1. The van der Waals surface area contributed by atoms with Crippen molar-refractivity contribution in [1.82, 2.24) is 0 Å². The molecule has 102 valence electrons. The summed E-state index contributed by atoms with van der Waals surface area (Å²) >= 11 is 1.49. The fourth-order valence-corrected chi connectivity index (χ4v) is 1.06. The lowest BCUT2D eigenvalue weighted by Gasteiger charge is -2.26. The Morgan fingerprint density at radius 3 is 2.11 bits per heavy atom. The molecule has 0 unspecified atom stereocenters. The van der Waals surface area contributed by atoms with Crippen LogP contribution in [0.1, 0.15) is 0 Å². The third-order valence-electron chi connectivity index (χ3n) is 1.85. The topological polar surface area (TPSA) is 141 Å². The molecule has 0 aliphatic rings. The van der Waals surface area contributed by atoms with Crippen LogP contribution in [0.2, 0.25) is 0 Å². The van der Waals surface area contributed by atoms with Gasteiger partial charge < -0.3 is 30.0 Å². The number of halogens is 1. The number of carbonyl (C=O) groups is 3. The molecule has 0 amide bonds. The van der Waals surface area contributed by atoms with Crippen molar-refractivity contribution >= 4 is 40.8 Å². The van der Waals surface area contributed by atoms with Crippen molar-refractivity contribution in [3.63, 3.8) is 0 Å². The number of ether oxygens (including phenoxy) is 1. The summed E-state index contributed by atoms with van der Waals surface area (Å²) in [6.07, 6.45) is -8.44. The van der Waals surface area contributed by atoms with Crippen molar-refractivity contribution in [3.8, 4) is 0 Å². The molecular formula is C9H11IO8. The molecule has 0 spiro atoms. The first kappa shape index (κ1) is 17.0. The first-order chi connectivity index (χ1) is 8.22. The lowest BCUT2D eigenvalue weighted by atomic mass is 10.0. The van der Waals surface area contributed by atoms with Crippen molar-refractivity contribution in [2.24, 2.45) is 0 Å². The average Bonchev–Trinajstić information content (AvgIpc) is 2.32. The molecule has 8 nitrogen and oxygen atoms in total. The fourth-order valence-electron chi connectivity index (χ4n) is 0.932. The molecule has 0 aliphatic carbocycles. The van der Waals surface area contributed by atoms with Crippen LogP contribution >= 0.6 is 22.6 Å². The molecule has 0 rings (SSSR count). The SMILES string of the molecule is C=C(I)C(=O)O[C@@H]([C@H](O)[C@H](O)C(=O)O)[C@H](O)C=O. The minimum absolute atomic E-state index is 0.0638. The summed E-state index contributed by atoms with van der Waals surface area (Å²) in [7, 11) is 0. The number of esters is 1. The van der Waals surface area contributed by atoms with E-state index in [0.29, 0.717) is 0 Å². The van der Waals surface area contributed by atoms with Gasteiger partial charge in [0.05, 0.1) is 3.58 Å². The summed E-state index contributed by atoms with van der Waals surface area (Å²) in [6.45, 7) is 3.21. The first-order valence-corrected chi connectivity index (χ1v) is 5.58. The second kappa shape index (κ2) is 7.41. The van der Waals surface area contributed by atoms with Crippen LogP contribution in [0.25, 0.3) is 0 Å². The van der Waals surface area contributed by atoms with Crippen molar-refractivity contribution in [2.75, 3.05) is 0 Å². The highest BCUT2D eigenvalue weighted by Crippen LogP contribution is 2.13. The van der Waals surface area contributed by atoms with E-state index in [-0.39, 0.29) is 9.87 Å². The normalized spacial score (nSPS) is 17.1. The van der Waals surface area contributed by atoms with Gasteiger partial charge in [0.15, 0.2) is 18.5 Å². The molecule has 0 radical (unpaired) electrons. The van der Waals surface area contributed by atoms with Crippen molar-refractivity contribution < 1.29 is 39.5 Å². The minimum Gasteiger partial charge on any atom is -0.479 e. The van der Waals surface area contributed by atoms with E-state index in [1.807, 2.05) is 0 Å². The number of hydrogen-bond donors (Lipinski definition) is 4. The number of rotatable bonds is 7. The molecule has 18 heavy (non-hydrogen) atoms. The maximum absolute atomic E-state index is 11.2. The zero-order valence-electron chi connectivity index (χ0n) is 8.89. The lowest BCUT2D eigenvalue weighted by Crippen LogP contribution is -2.50. The third kappa shape index (κ3) is 4.68. The van der Waals surface area contributed by atoms with Gasteiger partial charge in [-0.05, 0) is 22.6 Å². The predicted octanol–water partition coefficient (Wildman–Crippen LogP) is -1.79. The van der Waals surface area contributed by atoms with E-state index >= 15 is 0 Å². The van der Waals surface area contributed by atoms with Crippen LogP contribution in [0.3, 0.4) is 0 Å². The van der Waals surface area contributed by atoms with Crippen molar-refractivity contribution in [1.29, 1.82) is 0 Å². The van der Waals surface area contributed by atoms with Crippen molar-refractivity contribution in [3.05, 3.63) is 10.2 Å². The molecule has 0 heterocycles. The van der Waals surface area contributed by atoms with Crippen LogP contribution in [0.15, 0.2) is 10.2 Å². The number of carbonyl (C=O) groups excluding carboxylic acids is 2. The second-order valence-corrected chi connectivity index (χ2v) is 4.48. The zero-order valence-corrected chi connectivity index (χ0v) is 11.1. The Hall–Kier alpha value is -1.04. The van der Waals surface area contributed by atoms with Gasteiger partial charge in [0.1, 0.15) is 12.2 Å². The van der Waals surface area contributed by atoms with E-state index in [9.17, 15) is 24.6 Å². The highest BCUT2D eigenvalue weighted by Gasteiger charge is 2.38. The number of aliphatic carboxylic acids is 1. The Balaban J connectivity index is 4.99. The summed E-state index contributed by atoms with van der Waals surface area (Å²) in [5.41, 5.74) is 0. The molecule has 0 bridgehead atoms. The van der Waals surface area contributed by atoms with Crippen LogP contribution in [0.4, 0.5) is 0 Å². The van der Waals surface area contributed by atoms with Crippen LogP contribution in [-0.4, -0.2) is 63.1 Å². The Morgan fingerprint density at radius 2 is 1.78 bits per heavy atom. The number of carboxylic acids is 1. The van der Waals surface area contributed by atoms with E-state index in [4.69, 9.17) is 10.2 Å². The fraction of sp³-hybridized carbons (Fsp3) is 0.444. The zero-order chi connectivity index (χ0) is 14.5. The molecule has 0 aromatic heterocycles. The van der Waals surface area contributed by atoms with Crippen LogP contribution in [0.5, 0.6) is 0 Å². The Morgan fingerprint density at radius 1 is 1.28 bits per heavy atom. The molecule has 4 N–H and O–H groups in total.